The molecular formula is C15H16N2O2S. The first-order valence-electron chi connectivity index (χ1n) is 6.25. The number of nitrogens with two attached hydrogens (primary N) is 1. The predicted molar refractivity (Wildman–Crippen MR) is 81.3 cm³/mol. The van der Waals surface area contributed by atoms with Crippen molar-refractivity contribution in [3.63, 3.8) is 0 Å². The summed E-state index contributed by atoms with van der Waals surface area (Å²) in [6.45, 7) is 2.27. The number of furan rings is 1. The van der Waals surface area contributed by atoms with Crippen molar-refractivity contribution in [2.24, 2.45) is 5.73 Å². The van der Waals surface area contributed by atoms with Gasteiger partial charge in [0.15, 0.2) is 0 Å². The number of carbonyl (C=O) groups is 1. The van der Waals surface area contributed by atoms with Crippen LogP contribution < -0.4 is 11.1 Å². The van der Waals surface area contributed by atoms with Crippen molar-refractivity contribution < 1.29 is 9.21 Å². The van der Waals surface area contributed by atoms with E-state index in [1.54, 1.807) is 0 Å². The van der Waals surface area contributed by atoms with Crippen LogP contribution in [0.4, 0.5) is 0 Å². The van der Waals surface area contributed by atoms with Gasteiger partial charge in [-0.1, -0.05) is 36.5 Å². The maximum atomic E-state index is 11.8. The molecule has 0 unspecified atom stereocenters. The van der Waals surface area contributed by atoms with Crippen LogP contribution in [0.3, 0.4) is 0 Å². The van der Waals surface area contributed by atoms with Gasteiger partial charge in [0.25, 0.3) is 0 Å². The summed E-state index contributed by atoms with van der Waals surface area (Å²) in [6, 6.07) is 11.1. The highest BCUT2D eigenvalue weighted by molar-refractivity contribution is 7.80. The Morgan fingerprint density at radius 2 is 1.95 bits per heavy atom. The van der Waals surface area contributed by atoms with Crippen molar-refractivity contribution in [2.45, 2.75) is 19.9 Å². The molecule has 0 spiro atoms. The molecule has 0 radical (unpaired) electrons. The highest BCUT2D eigenvalue weighted by Crippen LogP contribution is 2.07. The third-order valence-corrected chi connectivity index (χ3v) is 3.09. The van der Waals surface area contributed by atoms with Crippen LogP contribution in [0.5, 0.6) is 0 Å². The Hall–Kier alpha value is -2.14. The normalized spacial score (nSPS) is 10.2. The van der Waals surface area contributed by atoms with Crippen molar-refractivity contribution in [1.29, 1.82) is 0 Å². The van der Waals surface area contributed by atoms with E-state index in [4.69, 9.17) is 22.4 Å². The molecule has 2 aromatic rings. The number of benzene rings is 1. The van der Waals surface area contributed by atoms with E-state index in [2.05, 4.69) is 5.32 Å². The lowest BCUT2D eigenvalue weighted by Gasteiger charge is -2.04. The van der Waals surface area contributed by atoms with Crippen LogP contribution in [-0.2, 0) is 17.8 Å². The van der Waals surface area contributed by atoms with Gasteiger partial charge in [-0.15, -0.1) is 0 Å². The first-order valence-corrected chi connectivity index (χ1v) is 6.66. The van der Waals surface area contributed by atoms with Crippen LogP contribution in [0.25, 0.3) is 0 Å². The molecule has 3 N–H and O–H groups in total. The van der Waals surface area contributed by atoms with Crippen LogP contribution in [0, 0.1) is 6.92 Å². The summed E-state index contributed by atoms with van der Waals surface area (Å²) in [5.41, 5.74) is 7.24. The molecule has 20 heavy (non-hydrogen) atoms. The summed E-state index contributed by atoms with van der Waals surface area (Å²) in [5, 5.41) is 2.81. The first-order chi connectivity index (χ1) is 9.54. The second-order valence-corrected chi connectivity index (χ2v) is 4.97. The molecule has 4 nitrogen and oxygen atoms in total. The third-order valence-electron chi connectivity index (χ3n) is 2.86. The summed E-state index contributed by atoms with van der Waals surface area (Å²) in [6.07, 6.45) is 0.317. The second kappa shape index (κ2) is 6.34. The van der Waals surface area contributed by atoms with Gasteiger partial charge in [0.2, 0.25) is 5.91 Å². The zero-order chi connectivity index (χ0) is 14.5. The van der Waals surface area contributed by atoms with E-state index in [1.165, 1.54) is 0 Å². The molecule has 5 heteroatoms. The van der Waals surface area contributed by atoms with E-state index < -0.39 is 0 Å². The monoisotopic (exact) mass is 288 g/mol. The molecule has 2 rings (SSSR count). The van der Waals surface area contributed by atoms with E-state index in [9.17, 15) is 4.79 Å². The molecule has 1 aromatic carbocycles. The Bertz CT molecular complexity index is 617. The zero-order valence-corrected chi connectivity index (χ0v) is 12.0. The van der Waals surface area contributed by atoms with E-state index in [0.29, 0.717) is 18.0 Å². The minimum absolute atomic E-state index is 0.0536. The molecule has 1 aromatic heterocycles. The van der Waals surface area contributed by atoms with Gasteiger partial charge in [-0.05, 0) is 24.6 Å². The molecule has 0 saturated heterocycles. The number of amides is 1. The molecule has 0 fully saturated rings. The molecule has 0 bridgehead atoms. The fraction of sp³-hybridized carbons (Fsp3) is 0.200. The lowest BCUT2D eigenvalue weighted by atomic mass is 10.1. The Balaban J connectivity index is 1.86. The highest BCUT2D eigenvalue weighted by atomic mass is 32.1. The van der Waals surface area contributed by atoms with Crippen LogP contribution in [0.2, 0.25) is 0 Å². The Morgan fingerprint density at radius 3 is 2.50 bits per heavy atom. The van der Waals surface area contributed by atoms with Gasteiger partial charge in [-0.25, -0.2) is 0 Å². The van der Waals surface area contributed by atoms with Crippen LogP contribution >= 0.6 is 12.2 Å². The van der Waals surface area contributed by atoms with Crippen molar-refractivity contribution in [2.75, 3.05) is 0 Å². The minimum atomic E-state index is -0.0536. The first kappa shape index (κ1) is 14.3. The maximum absolute atomic E-state index is 11.8. The number of rotatable bonds is 5. The number of aryl methyl sites for hydroxylation is 1. The summed E-state index contributed by atoms with van der Waals surface area (Å²) in [4.78, 5) is 12.2. The highest BCUT2D eigenvalue weighted by Gasteiger charge is 2.05. The lowest BCUT2D eigenvalue weighted by molar-refractivity contribution is -0.120. The molecule has 1 heterocycles. The SMILES string of the molecule is Cc1ccc(CNC(=O)Cc2ccc(C(N)=S)cc2)o1. The fourth-order valence-electron chi connectivity index (χ4n) is 1.80. The molecule has 0 atom stereocenters. The Labute approximate surface area is 123 Å². The molecule has 0 aliphatic carbocycles. The molecule has 104 valence electrons. The van der Waals surface area contributed by atoms with Gasteiger partial charge in [-0.3, -0.25) is 4.79 Å². The second-order valence-electron chi connectivity index (χ2n) is 4.53. The van der Waals surface area contributed by atoms with Gasteiger partial charge in [-0.2, -0.15) is 0 Å². The molecule has 1 amide bonds. The number of nitrogens with one attached hydrogen (secondary N) is 1. The summed E-state index contributed by atoms with van der Waals surface area (Å²) in [7, 11) is 0. The number of carbonyl (C=O) groups excluding carboxylic acids is 1. The van der Waals surface area contributed by atoms with E-state index in [-0.39, 0.29) is 5.91 Å². The smallest absolute Gasteiger partial charge is 0.224 e. The van der Waals surface area contributed by atoms with Gasteiger partial charge < -0.3 is 15.5 Å². The quantitative estimate of drug-likeness (QED) is 0.827. The van der Waals surface area contributed by atoms with E-state index in [1.807, 2.05) is 43.3 Å². The van der Waals surface area contributed by atoms with Gasteiger partial charge in [0.1, 0.15) is 16.5 Å². The van der Waals surface area contributed by atoms with E-state index >= 15 is 0 Å². The number of hydrogen-bond donors (Lipinski definition) is 2. The minimum Gasteiger partial charge on any atom is -0.465 e. The zero-order valence-electron chi connectivity index (χ0n) is 11.2. The fourth-order valence-corrected chi connectivity index (χ4v) is 1.94. The van der Waals surface area contributed by atoms with Crippen LogP contribution in [0.15, 0.2) is 40.8 Å². The predicted octanol–water partition coefficient (Wildman–Crippen LogP) is 2.08. The van der Waals surface area contributed by atoms with Gasteiger partial charge in [0.05, 0.1) is 13.0 Å². The molecule has 0 aliphatic heterocycles. The summed E-state index contributed by atoms with van der Waals surface area (Å²) >= 11 is 4.88. The van der Waals surface area contributed by atoms with Crippen molar-refractivity contribution in [3.8, 4) is 0 Å². The summed E-state index contributed by atoms with van der Waals surface area (Å²) < 4.78 is 5.38. The van der Waals surface area contributed by atoms with Crippen molar-refractivity contribution in [3.05, 3.63) is 59.0 Å². The average molecular weight is 288 g/mol. The van der Waals surface area contributed by atoms with Crippen LogP contribution in [0.1, 0.15) is 22.6 Å². The maximum Gasteiger partial charge on any atom is 0.224 e. The summed E-state index contributed by atoms with van der Waals surface area (Å²) in [5.74, 6) is 1.53. The lowest BCUT2D eigenvalue weighted by Crippen LogP contribution is -2.24. The van der Waals surface area contributed by atoms with Gasteiger partial charge in [0, 0.05) is 5.56 Å². The number of hydrogen-bond acceptors (Lipinski definition) is 3. The van der Waals surface area contributed by atoms with E-state index in [0.717, 1.165) is 22.6 Å². The molecule has 0 saturated carbocycles. The Kier molecular flexibility index (Phi) is 4.53. The van der Waals surface area contributed by atoms with Crippen molar-refractivity contribution >= 4 is 23.1 Å². The van der Waals surface area contributed by atoms with Gasteiger partial charge >= 0.3 is 0 Å². The standard InChI is InChI=1S/C15H16N2O2S/c1-10-2-7-13(19-10)9-17-14(18)8-11-3-5-12(6-4-11)15(16)20/h2-7H,8-9H2,1H3,(H2,16,20)(H,17,18). The molecule has 0 aliphatic rings. The molecular weight excluding hydrogens is 272 g/mol. The third kappa shape index (κ3) is 3.93. The Morgan fingerprint density at radius 1 is 1.25 bits per heavy atom. The topological polar surface area (TPSA) is 68.3 Å². The van der Waals surface area contributed by atoms with Crippen molar-refractivity contribution in [1.82, 2.24) is 5.32 Å². The number of thiocarbonyl (C=S) groups is 1. The van der Waals surface area contributed by atoms with Crippen LogP contribution in [-0.4, -0.2) is 10.9 Å². The average Bonchev–Trinajstić information content (AvgIpc) is 2.83. The largest absolute Gasteiger partial charge is 0.465 e.